The van der Waals surface area contributed by atoms with Crippen molar-refractivity contribution in [2.24, 2.45) is 5.92 Å². The SMILES string of the molecule is C=C(/C=C\C=C/C)c1cccc2ncn(CCCCN(C)C(=C)C3CC(C)CN3c3n[nH]c4c3cnn4-c3ccc(F)cc3F)c12. The van der Waals surface area contributed by atoms with Crippen LogP contribution in [0.4, 0.5) is 14.6 Å². The van der Waals surface area contributed by atoms with Gasteiger partial charge >= 0.3 is 0 Å². The van der Waals surface area contributed by atoms with Gasteiger partial charge in [0, 0.05) is 44.0 Å². The average Bonchev–Trinajstić information content (AvgIpc) is 3.83. The Morgan fingerprint density at radius 2 is 2.00 bits per heavy atom. The predicted molar refractivity (Wildman–Crippen MR) is 182 cm³/mol. The number of halogens is 2. The summed E-state index contributed by atoms with van der Waals surface area (Å²) in [6.45, 7) is 15.6. The zero-order valence-corrected chi connectivity index (χ0v) is 26.6. The van der Waals surface area contributed by atoms with Gasteiger partial charge in [-0.1, -0.05) is 56.5 Å². The Kier molecular flexibility index (Phi) is 8.87. The van der Waals surface area contributed by atoms with Gasteiger partial charge in [0.05, 0.1) is 35.0 Å². The van der Waals surface area contributed by atoms with Gasteiger partial charge in [0.15, 0.2) is 17.3 Å². The van der Waals surface area contributed by atoms with Crippen LogP contribution in [0, 0.1) is 17.6 Å². The number of aromatic amines is 1. The van der Waals surface area contributed by atoms with Gasteiger partial charge in [0.1, 0.15) is 11.5 Å². The van der Waals surface area contributed by atoms with Crippen molar-refractivity contribution in [3.05, 3.63) is 109 Å². The number of para-hydroxylation sites is 1. The minimum atomic E-state index is -0.687. The maximum Gasteiger partial charge on any atom is 0.162 e. The summed E-state index contributed by atoms with van der Waals surface area (Å²) in [5.41, 5.74) is 5.90. The number of aryl methyl sites for hydroxylation is 1. The molecule has 0 amide bonds. The second kappa shape index (κ2) is 13.2. The van der Waals surface area contributed by atoms with E-state index in [2.05, 4.69) is 67.8 Å². The molecule has 1 fully saturated rings. The van der Waals surface area contributed by atoms with E-state index >= 15 is 0 Å². The fraction of sp³-hybridized carbons (Fsp3) is 0.306. The van der Waals surface area contributed by atoms with Crippen LogP contribution in [0.3, 0.4) is 0 Å². The highest BCUT2D eigenvalue weighted by atomic mass is 19.1. The summed E-state index contributed by atoms with van der Waals surface area (Å²) >= 11 is 0. The molecule has 10 heteroatoms. The van der Waals surface area contributed by atoms with Crippen molar-refractivity contribution in [1.82, 2.24) is 34.4 Å². The largest absolute Gasteiger partial charge is 0.377 e. The Hall–Kier alpha value is -4.99. The molecule has 6 rings (SSSR count). The molecule has 0 radical (unpaired) electrons. The molecule has 46 heavy (non-hydrogen) atoms. The molecule has 5 aromatic rings. The lowest BCUT2D eigenvalue weighted by atomic mass is 10.0. The molecule has 2 unspecified atom stereocenters. The van der Waals surface area contributed by atoms with Crippen LogP contribution < -0.4 is 4.90 Å². The van der Waals surface area contributed by atoms with Crippen molar-refractivity contribution >= 4 is 33.5 Å². The van der Waals surface area contributed by atoms with Gasteiger partial charge < -0.3 is 14.4 Å². The van der Waals surface area contributed by atoms with E-state index in [4.69, 9.17) is 0 Å². The van der Waals surface area contributed by atoms with Crippen LogP contribution in [0.25, 0.3) is 33.3 Å². The molecule has 1 aliphatic rings. The Labute approximate surface area is 268 Å². The molecule has 8 nitrogen and oxygen atoms in total. The summed E-state index contributed by atoms with van der Waals surface area (Å²) < 4.78 is 31.7. The zero-order chi connectivity index (χ0) is 32.4. The molecule has 1 saturated heterocycles. The molecule has 0 bridgehead atoms. The van der Waals surface area contributed by atoms with Crippen molar-refractivity contribution in [3.63, 3.8) is 0 Å². The van der Waals surface area contributed by atoms with Crippen LogP contribution >= 0.6 is 0 Å². The van der Waals surface area contributed by atoms with Crippen LogP contribution in [0.1, 0.15) is 38.7 Å². The molecule has 2 aromatic carbocycles. The van der Waals surface area contributed by atoms with E-state index in [0.717, 1.165) is 84.0 Å². The van der Waals surface area contributed by atoms with Crippen molar-refractivity contribution < 1.29 is 8.78 Å². The van der Waals surface area contributed by atoms with Gasteiger partial charge in [-0.15, -0.1) is 0 Å². The summed E-state index contributed by atoms with van der Waals surface area (Å²) in [6, 6.07) is 9.71. The number of rotatable bonds is 12. The molecule has 1 aliphatic heterocycles. The van der Waals surface area contributed by atoms with Crippen LogP contribution in [0.5, 0.6) is 0 Å². The van der Waals surface area contributed by atoms with Crippen molar-refractivity contribution in [3.8, 4) is 5.69 Å². The fourth-order valence-corrected chi connectivity index (χ4v) is 6.39. The van der Waals surface area contributed by atoms with Crippen LogP contribution in [0.15, 0.2) is 92.1 Å². The highest BCUT2D eigenvalue weighted by molar-refractivity contribution is 5.92. The van der Waals surface area contributed by atoms with E-state index in [1.165, 1.54) is 16.8 Å². The number of likely N-dealkylation sites (N-methyl/N-ethyl adjacent to an activating group) is 1. The number of H-pyrrole nitrogens is 1. The number of nitrogens with one attached hydrogen (secondary N) is 1. The van der Waals surface area contributed by atoms with Crippen LogP contribution in [-0.2, 0) is 6.54 Å². The van der Waals surface area contributed by atoms with Crippen LogP contribution in [-0.4, -0.2) is 60.6 Å². The second-order valence-corrected chi connectivity index (χ2v) is 12.1. The Bertz CT molecular complexity index is 1940. The van der Waals surface area contributed by atoms with E-state index in [-0.39, 0.29) is 11.7 Å². The van der Waals surface area contributed by atoms with E-state index in [1.54, 1.807) is 6.20 Å². The number of unbranched alkanes of at least 4 members (excludes halogenated alkanes) is 1. The summed E-state index contributed by atoms with van der Waals surface area (Å²) in [7, 11) is 2.10. The number of aromatic nitrogens is 6. The van der Waals surface area contributed by atoms with Crippen LogP contribution in [0.2, 0.25) is 0 Å². The average molecular weight is 623 g/mol. The normalized spacial score (nSPS) is 16.9. The fourth-order valence-electron chi connectivity index (χ4n) is 6.39. The molecule has 238 valence electrons. The Morgan fingerprint density at radius 1 is 1.15 bits per heavy atom. The van der Waals surface area contributed by atoms with Gasteiger partial charge in [-0.3, -0.25) is 5.10 Å². The second-order valence-electron chi connectivity index (χ2n) is 12.1. The summed E-state index contributed by atoms with van der Waals surface area (Å²) in [6.07, 6.45) is 14.6. The molecule has 1 N–H and O–H groups in total. The lowest BCUT2D eigenvalue weighted by Gasteiger charge is -2.32. The summed E-state index contributed by atoms with van der Waals surface area (Å²) in [4.78, 5) is 9.17. The predicted octanol–water partition coefficient (Wildman–Crippen LogP) is 7.66. The molecular weight excluding hydrogens is 582 g/mol. The number of anilines is 1. The molecule has 2 atom stereocenters. The van der Waals surface area contributed by atoms with Gasteiger partial charge in [-0.05, 0) is 55.9 Å². The molecule has 0 aliphatic carbocycles. The Morgan fingerprint density at radius 3 is 2.80 bits per heavy atom. The van der Waals surface area contributed by atoms with Crippen molar-refractivity contribution in [2.45, 2.75) is 45.7 Å². The number of nitrogens with zero attached hydrogens (tertiary/aromatic N) is 7. The summed E-state index contributed by atoms with van der Waals surface area (Å²) in [5, 5.41) is 12.8. The number of hydrogen-bond acceptors (Lipinski definition) is 5. The number of fused-ring (bicyclic) bond motifs is 2. The minimum Gasteiger partial charge on any atom is -0.377 e. The first-order valence-electron chi connectivity index (χ1n) is 15.7. The quantitative estimate of drug-likeness (QED) is 0.114. The third kappa shape index (κ3) is 5.99. The molecule has 3 aromatic heterocycles. The maximum absolute atomic E-state index is 14.6. The lowest BCUT2D eigenvalue weighted by Crippen LogP contribution is -2.37. The van der Waals surface area contributed by atoms with E-state index in [0.29, 0.717) is 11.6 Å². The molecule has 0 saturated carbocycles. The van der Waals surface area contributed by atoms with Crippen molar-refractivity contribution in [1.29, 1.82) is 0 Å². The monoisotopic (exact) mass is 622 g/mol. The van der Waals surface area contributed by atoms with Crippen molar-refractivity contribution in [2.75, 3.05) is 25.0 Å². The third-order valence-electron chi connectivity index (χ3n) is 8.80. The zero-order valence-electron chi connectivity index (χ0n) is 26.6. The standard InChI is InChI=1S/C36H40F2N8/c1-6-7-8-12-25(3)28-13-11-14-31-34(28)44(23-39-31)18-10-9-17-43(5)26(4)33-19-24(2)22-45(33)35-29-21-40-46(36(29)42-41-35)32-16-15-27(37)20-30(32)38/h6-8,11-16,20-21,23-24,33H,3-4,9-10,17-19,22H2,1-2,5H3,(H,41,42)/b7-6-,12-8-. The first-order chi connectivity index (χ1) is 22.3. The van der Waals surface area contributed by atoms with Gasteiger partial charge in [-0.25, -0.2) is 18.4 Å². The highest BCUT2D eigenvalue weighted by Gasteiger charge is 2.35. The topological polar surface area (TPSA) is 70.8 Å². The van der Waals surface area contributed by atoms with Gasteiger partial charge in [-0.2, -0.15) is 10.2 Å². The number of imidazole rings is 1. The highest BCUT2D eigenvalue weighted by Crippen LogP contribution is 2.36. The molecule has 0 spiro atoms. The Balaban J connectivity index is 1.11. The van der Waals surface area contributed by atoms with E-state index < -0.39 is 11.6 Å². The van der Waals surface area contributed by atoms with E-state index in [9.17, 15) is 8.78 Å². The first-order valence-corrected chi connectivity index (χ1v) is 15.7. The number of benzene rings is 2. The maximum atomic E-state index is 14.6. The smallest absolute Gasteiger partial charge is 0.162 e. The summed E-state index contributed by atoms with van der Waals surface area (Å²) in [5.74, 6) is -0.116. The minimum absolute atomic E-state index is 0.0687. The molecular formula is C36H40F2N8. The van der Waals surface area contributed by atoms with E-state index in [1.807, 2.05) is 49.7 Å². The lowest BCUT2D eigenvalue weighted by molar-refractivity contribution is 0.368. The molecule has 4 heterocycles. The number of hydrogen-bond donors (Lipinski definition) is 1. The third-order valence-corrected chi connectivity index (χ3v) is 8.80. The number of allylic oxidation sites excluding steroid dienone is 5. The van der Waals surface area contributed by atoms with Gasteiger partial charge in [0.2, 0.25) is 0 Å². The first kappa shape index (κ1) is 31.0. The van der Waals surface area contributed by atoms with Gasteiger partial charge in [0.25, 0.3) is 0 Å².